The van der Waals surface area contributed by atoms with Gasteiger partial charge in [0.15, 0.2) is 6.29 Å². The van der Waals surface area contributed by atoms with Crippen LogP contribution in [0.25, 0.3) is 0 Å². The third-order valence-electron chi connectivity index (χ3n) is 9.31. The van der Waals surface area contributed by atoms with E-state index in [0.29, 0.717) is 49.3 Å². The number of nitrogens with zero attached hydrogens (tertiary/aromatic N) is 1. The number of aliphatic hydroxyl groups is 1. The Kier molecular flexibility index (Phi) is 13.4. The SMILES string of the molecule is Nc1ccccc1NC(=O)CCCCC(=O)Nc1cccc([C@@H]2O[C@H](CN(Cc3ccccc3)Cc3ccccc3)C[C@H](c3ccc(CO)cc3)O2)c1. The summed E-state index contributed by atoms with van der Waals surface area (Å²) in [5.41, 5.74) is 12.8. The summed E-state index contributed by atoms with van der Waals surface area (Å²) >= 11 is 0. The number of rotatable bonds is 16. The fourth-order valence-corrected chi connectivity index (χ4v) is 6.57. The molecule has 1 aliphatic rings. The van der Waals surface area contributed by atoms with Crippen LogP contribution in [0.3, 0.4) is 0 Å². The van der Waals surface area contributed by atoms with Crippen LogP contribution in [-0.2, 0) is 38.8 Å². The Balaban J connectivity index is 1.11. The molecule has 0 spiro atoms. The molecule has 1 fully saturated rings. The molecule has 0 saturated carbocycles. The van der Waals surface area contributed by atoms with Gasteiger partial charge in [0.1, 0.15) is 0 Å². The van der Waals surface area contributed by atoms with Crippen molar-refractivity contribution < 1.29 is 24.2 Å². The number of hydrogen-bond acceptors (Lipinski definition) is 7. The standard InChI is InChI=1S/C44H48N4O5/c45-39-18-7-8-19-40(39)47-43(51)21-10-9-20-42(50)46-37-17-11-16-36(26-37)44-52-38(27-41(53-44)35-24-22-34(31-49)23-25-35)30-48(28-32-12-3-1-4-13-32)29-33-14-5-2-6-15-33/h1-8,11-19,22-26,38,41,44,49H,9-10,20-21,27-31,45H2,(H,46,50)(H,47,51)/t38-,41+,44+/m0/s1. The molecule has 53 heavy (non-hydrogen) atoms. The zero-order valence-corrected chi connectivity index (χ0v) is 29.9. The van der Waals surface area contributed by atoms with Crippen LogP contribution < -0.4 is 16.4 Å². The molecular formula is C44H48N4O5. The largest absolute Gasteiger partial charge is 0.397 e. The Morgan fingerprint density at radius 2 is 1.30 bits per heavy atom. The molecule has 1 saturated heterocycles. The molecule has 9 nitrogen and oxygen atoms in total. The van der Waals surface area contributed by atoms with E-state index in [-0.39, 0.29) is 37.0 Å². The third kappa shape index (κ3) is 11.3. The molecule has 1 aliphatic heterocycles. The molecule has 0 bridgehead atoms. The van der Waals surface area contributed by atoms with E-state index in [4.69, 9.17) is 15.2 Å². The summed E-state index contributed by atoms with van der Waals surface area (Å²) in [6.45, 7) is 2.20. The van der Waals surface area contributed by atoms with Gasteiger partial charge in [-0.15, -0.1) is 0 Å². The number of ether oxygens (including phenoxy) is 2. The monoisotopic (exact) mass is 712 g/mol. The van der Waals surface area contributed by atoms with E-state index in [1.807, 2.05) is 72.8 Å². The van der Waals surface area contributed by atoms with Crippen LogP contribution in [-0.4, -0.2) is 34.5 Å². The molecule has 2 amide bonds. The molecule has 6 rings (SSSR count). The van der Waals surface area contributed by atoms with E-state index < -0.39 is 6.29 Å². The summed E-state index contributed by atoms with van der Waals surface area (Å²) < 4.78 is 13.4. The van der Waals surface area contributed by atoms with E-state index in [1.54, 1.807) is 12.1 Å². The summed E-state index contributed by atoms with van der Waals surface area (Å²) in [6.07, 6.45) is 1.32. The van der Waals surface area contributed by atoms with Crippen molar-refractivity contribution in [1.29, 1.82) is 0 Å². The van der Waals surface area contributed by atoms with Crippen molar-refractivity contribution in [2.75, 3.05) is 22.9 Å². The summed E-state index contributed by atoms with van der Waals surface area (Å²) in [5, 5.41) is 15.5. The van der Waals surface area contributed by atoms with Crippen LogP contribution >= 0.6 is 0 Å². The highest BCUT2D eigenvalue weighted by Gasteiger charge is 2.33. The summed E-state index contributed by atoms with van der Waals surface area (Å²) in [5.74, 6) is -0.259. The number of nitrogens with one attached hydrogen (secondary N) is 2. The van der Waals surface area contributed by atoms with E-state index in [9.17, 15) is 14.7 Å². The first-order valence-electron chi connectivity index (χ1n) is 18.3. The molecule has 0 unspecified atom stereocenters. The van der Waals surface area contributed by atoms with Crippen molar-refractivity contribution in [3.8, 4) is 0 Å². The zero-order valence-electron chi connectivity index (χ0n) is 29.9. The van der Waals surface area contributed by atoms with Gasteiger partial charge in [0.25, 0.3) is 0 Å². The quantitative estimate of drug-likeness (QED) is 0.0601. The third-order valence-corrected chi connectivity index (χ3v) is 9.31. The first-order valence-corrected chi connectivity index (χ1v) is 18.3. The fraction of sp³-hybridized carbons (Fsp3) is 0.273. The number of carbonyl (C=O) groups is 2. The van der Waals surface area contributed by atoms with E-state index in [2.05, 4.69) is 64.1 Å². The van der Waals surface area contributed by atoms with Gasteiger partial charge in [0.05, 0.1) is 30.2 Å². The molecule has 9 heteroatoms. The topological polar surface area (TPSA) is 126 Å². The van der Waals surface area contributed by atoms with E-state index in [1.165, 1.54) is 11.1 Å². The normalized spacial score (nSPS) is 17.0. The minimum atomic E-state index is -0.666. The van der Waals surface area contributed by atoms with Crippen LogP contribution in [0.5, 0.6) is 0 Å². The van der Waals surface area contributed by atoms with Gasteiger partial charge in [-0.2, -0.15) is 0 Å². The number of amides is 2. The Morgan fingerprint density at radius 3 is 1.94 bits per heavy atom. The maximum atomic E-state index is 12.9. The molecule has 5 aromatic carbocycles. The number of nitrogens with two attached hydrogens (primary N) is 1. The van der Waals surface area contributed by atoms with Crippen molar-refractivity contribution in [3.05, 3.63) is 161 Å². The predicted molar refractivity (Wildman–Crippen MR) is 208 cm³/mol. The second-order valence-electron chi connectivity index (χ2n) is 13.5. The lowest BCUT2D eigenvalue weighted by atomic mass is 9.99. The molecule has 274 valence electrons. The highest BCUT2D eigenvalue weighted by Crippen LogP contribution is 2.39. The first kappa shape index (κ1) is 37.4. The van der Waals surface area contributed by atoms with Crippen LogP contribution in [0.2, 0.25) is 0 Å². The van der Waals surface area contributed by atoms with Crippen LogP contribution in [0, 0.1) is 0 Å². The molecule has 0 aromatic heterocycles. The molecular weight excluding hydrogens is 665 g/mol. The molecule has 3 atom stereocenters. The molecule has 5 aromatic rings. The molecule has 1 heterocycles. The van der Waals surface area contributed by atoms with Gasteiger partial charge >= 0.3 is 0 Å². The lowest BCUT2D eigenvalue weighted by Gasteiger charge is -2.38. The fourth-order valence-electron chi connectivity index (χ4n) is 6.57. The van der Waals surface area contributed by atoms with Gasteiger partial charge in [-0.05, 0) is 59.4 Å². The van der Waals surface area contributed by atoms with Gasteiger partial charge in [-0.3, -0.25) is 14.5 Å². The minimum absolute atomic E-state index is 0.0221. The van der Waals surface area contributed by atoms with Crippen molar-refractivity contribution in [2.24, 2.45) is 0 Å². The van der Waals surface area contributed by atoms with Crippen LogP contribution in [0.4, 0.5) is 17.1 Å². The van der Waals surface area contributed by atoms with E-state index >= 15 is 0 Å². The highest BCUT2D eigenvalue weighted by atomic mass is 16.7. The Hall–Kier alpha value is -5.32. The second kappa shape index (κ2) is 19.0. The van der Waals surface area contributed by atoms with Gasteiger partial charge in [0.2, 0.25) is 11.8 Å². The second-order valence-corrected chi connectivity index (χ2v) is 13.5. The predicted octanol–water partition coefficient (Wildman–Crippen LogP) is 8.15. The number of nitrogen functional groups attached to an aromatic ring is 1. The maximum absolute atomic E-state index is 12.9. The number of para-hydroxylation sites is 2. The lowest BCUT2D eigenvalue weighted by Crippen LogP contribution is -2.39. The molecule has 0 radical (unpaired) electrons. The number of aliphatic hydroxyl groups excluding tert-OH is 1. The number of anilines is 3. The first-order chi connectivity index (χ1) is 25.9. The van der Waals surface area contributed by atoms with Crippen molar-refractivity contribution in [1.82, 2.24) is 4.90 Å². The average molecular weight is 713 g/mol. The highest BCUT2D eigenvalue weighted by molar-refractivity contribution is 5.94. The molecule has 0 aliphatic carbocycles. The van der Waals surface area contributed by atoms with Crippen molar-refractivity contribution in [3.63, 3.8) is 0 Å². The minimum Gasteiger partial charge on any atom is -0.397 e. The van der Waals surface area contributed by atoms with Gasteiger partial charge in [-0.1, -0.05) is 109 Å². The molecule has 5 N–H and O–H groups in total. The smallest absolute Gasteiger partial charge is 0.224 e. The van der Waals surface area contributed by atoms with Gasteiger partial charge < -0.3 is 30.9 Å². The van der Waals surface area contributed by atoms with Crippen LogP contribution in [0.1, 0.15) is 72.3 Å². The average Bonchev–Trinajstić information content (AvgIpc) is 3.18. The Labute approximate surface area is 311 Å². The lowest BCUT2D eigenvalue weighted by molar-refractivity contribution is -0.253. The summed E-state index contributed by atoms with van der Waals surface area (Å²) in [4.78, 5) is 27.7. The summed E-state index contributed by atoms with van der Waals surface area (Å²) in [7, 11) is 0. The Morgan fingerprint density at radius 1 is 0.679 bits per heavy atom. The maximum Gasteiger partial charge on any atom is 0.224 e. The summed E-state index contributed by atoms with van der Waals surface area (Å²) in [6, 6.07) is 43.6. The van der Waals surface area contributed by atoms with Gasteiger partial charge in [-0.25, -0.2) is 0 Å². The number of hydrogen-bond donors (Lipinski definition) is 4. The van der Waals surface area contributed by atoms with Crippen LogP contribution in [0.15, 0.2) is 133 Å². The number of benzene rings is 5. The zero-order chi connectivity index (χ0) is 36.8. The van der Waals surface area contributed by atoms with Gasteiger partial charge in [0, 0.05) is 50.1 Å². The van der Waals surface area contributed by atoms with Crippen molar-refractivity contribution in [2.45, 2.75) is 70.3 Å². The van der Waals surface area contributed by atoms with Crippen molar-refractivity contribution >= 4 is 28.9 Å². The number of unbranched alkanes of at least 4 members (excludes halogenated alkanes) is 1. The number of carbonyl (C=O) groups excluding carboxylic acids is 2. The van der Waals surface area contributed by atoms with E-state index in [0.717, 1.165) is 29.8 Å². The Bertz CT molecular complexity index is 1860.